The highest BCUT2D eigenvalue weighted by Gasteiger charge is 2.13. The van der Waals surface area contributed by atoms with E-state index >= 15 is 0 Å². The molecule has 0 atom stereocenters. The molecule has 2 aromatic rings. The third-order valence-corrected chi connectivity index (χ3v) is 4.12. The third-order valence-electron chi connectivity index (χ3n) is 3.20. The quantitative estimate of drug-likeness (QED) is 0.603. The lowest BCUT2D eigenvalue weighted by Crippen LogP contribution is -2.13. The molecular weight excluding hydrogens is 334 g/mol. The van der Waals surface area contributed by atoms with E-state index in [1.807, 2.05) is 0 Å². The summed E-state index contributed by atoms with van der Waals surface area (Å²) in [5.41, 5.74) is 0.670. The molecule has 0 aliphatic heterocycles. The molecular formula is C16H17NO6S. The number of phenols is 1. The van der Waals surface area contributed by atoms with Crippen molar-refractivity contribution < 1.29 is 27.8 Å². The van der Waals surface area contributed by atoms with Crippen LogP contribution in [0.3, 0.4) is 0 Å². The van der Waals surface area contributed by atoms with E-state index in [1.54, 1.807) is 19.1 Å². The minimum absolute atomic E-state index is 0.0174. The summed E-state index contributed by atoms with van der Waals surface area (Å²) >= 11 is 0. The minimum Gasteiger partial charge on any atom is -0.507 e. The average molecular weight is 351 g/mol. The van der Waals surface area contributed by atoms with Crippen molar-refractivity contribution in [3.8, 4) is 11.5 Å². The van der Waals surface area contributed by atoms with Crippen molar-refractivity contribution >= 4 is 16.0 Å². The van der Waals surface area contributed by atoms with Gasteiger partial charge in [0.2, 0.25) is 10.0 Å². The van der Waals surface area contributed by atoms with Gasteiger partial charge in [-0.1, -0.05) is 12.1 Å². The van der Waals surface area contributed by atoms with Crippen LogP contribution in [0.5, 0.6) is 11.5 Å². The lowest BCUT2D eigenvalue weighted by atomic mass is 10.1. The van der Waals surface area contributed by atoms with Gasteiger partial charge >= 0.3 is 5.97 Å². The summed E-state index contributed by atoms with van der Waals surface area (Å²) in [7, 11) is -3.74. The van der Waals surface area contributed by atoms with Gasteiger partial charge < -0.3 is 14.6 Å². The van der Waals surface area contributed by atoms with Crippen LogP contribution in [0.4, 0.5) is 0 Å². The maximum absolute atomic E-state index is 11.9. The summed E-state index contributed by atoms with van der Waals surface area (Å²) in [6.07, 6.45) is 0. The zero-order valence-electron chi connectivity index (χ0n) is 12.9. The number of phenolic OH excluding ortho intramolecular Hbond substituents is 1. The summed E-state index contributed by atoms with van der Waals surface area (Å²) < 4.78 is 32.6. The molecule has 3 N–H and O–H groups in total. The van der Waals surface area contributed by atoms with E-state index in [0.29, 0.717) is 11.3 Å². The second-order valence-corrected chi connectivity index (χ2v) is 6.53. The van der Waals surface area contributed by atoms with Gasteiger partial charge in [-0.25, -0.2) is 18.4 Å². The van der Waals surface area contributed by atoms with E-state index in [0.717, 1.165) is 0 Å². The summed E-state index contributed by atoms with van der Waals surface area (Å²) in [6, 6.07) is 10.3. The molecule has 2 rings (SSSR count). The van der Waals surface area contributed by atoms with E-state index < -0.39 is 16.0 Å². The third kappa shape index (κ3) is 4.46. The number of benzene rings is 2. The first-order valence-electron chi connectivity index (χ1n) is 7.00. The van der Waals surface area contributed by atoms with Crippen molar-refractivity contribution in [3.05, 3.63) is 53.6 Å². The molecule has 0 saturated carbocycles. The number of para-hydroxylation sites is 1. The molecule has 0 aliphatic carbocycles. The highest BCUT2D eigenvalue weighted by Crippen LogP contribution is 2.22. The molecule has 128 valence electrons. The predicted octanol–water partition coefficient (Wildman–Crippen LogP) is 1.58. The molecule has 0 aromatic heterocycles. The zero-order chi connectivity index (χ0) is 17.7. The SMILES string of the molecule is Cc1cccc(C(=O)OCCOc2ccc(S(N)(=O)=O)cc2)c1O. The van der Waals surface area contributed by atoms with E-state index in [4.69, 9.17) is 14.6 Å². The maximum Gasteiger partial charge on any atom is 0.342 e. The first-order chi connectivity index (χ1) is 11.3. The van der Waals surface area contributed by atoms with Crippen LogP contribution in [0.25, 0.3) is 0 Å². The number of aromatic hydroxyl groups is 1. The van der Waals surface area contributed by atoms with Gasteiger partial charge in [0, 0.05) is 0 Å². The Balaban J connectivity index is 1.84. The molecule has 0 aliphatic rings. The minimum atomic E-state index is -3.74. The number of ether oxygens (including phenoxy) is 2. The van der Waals surface area contributed by atoms with Crippen molar-refractivity contribution in [3.63, 3.8) is 0 Å². The van der Waals surface area contributed by atoms with Crippen LogP contribution in [-0.4, -0.2) is 32.7 Å². The standard InChI is InChI=1S/C16H17NO6S/c1-11-3-2-4-14(15(11)18)16(19)23-10-9-22-12-5-7-13(8-6-12)24(17,20)21/h2-8,18H,9-10H2,1H3,(H2,17,20,21). The Bertz CT molecular complexity index is 830. The fraction of sp³-hybridized carbons (Fsp3) is 0.188. The number of sulfonamides is 1. The second-order valence-electron chi connectivity index (χ2n) is 4.97. The number of carbonyl (C=O) groups excluding carboxylic acids is 1. The zero-order valence-corrected chi connectivity index (χ0v) is 13.7. The topological polar surface area (TPSA) is 116 Å². The highest BCUT2D eigenvalue weighted by atomic mass is 32.2. The van der Waals surface area contributed by atoms with Gasteiger partial charge in [0.1, 0.15) is 30.3 Å². The predicted molar refractivity (Wildman–Crippen MR) is 86.4 cm³/mol. The molecule has 0 radical (unpaired) electrons. The molecule has 0 bridgehead atoms. The monoisotopic (exact) mass is 351 g/mol. The number of carbonyl (C=O) groups is 1. The Morgan fingerprint density at radius 2 is 1.79 bits per heavy atom. The van der Waals surface area contributed by atoms with Crippen LogP contribution in [0.15, 0.2) is 47.4 Å². The van der Waals surface area contributed by atoms with Crippen LogP contribution in [0.1, 0.15) is 15.9 Å². The van der Waals surface area contributed by atoms with Crippen LogP contribution in [0, 0.1) is 6.92 Å². The maximum atomic E-state index is 11.9. The summed E-state index contributed by atoms with van der Waals surface area (Å²) in [4.78, 5) is 11.8. The van der Waals surface area contributed by atoms with Gasteiger partial charge in [-0.3, -0.25) is 0 Å². The molecule has 0 unspecified atom stereocenters. The molecule has 7 nitrogen and oxygen atoms in total. The number of rotatable bonds is 6. The number of nitrogens with two attached hydrogens (primary N) is 1. The molecule has 0 saturated heterocycles. The Morgan fingerprint density at radius 3 is 2.42 bits per heavy atom. The highest BCUT2D eigenvalue weighted by molar-refractivity contribution is 7.89. The number of esters is 1. The van der Waals surface area contributed by atoms with E-state index in [1.165, 1.54) is 30.3 Å². The Labute approximate surface area is 139 Å². The van der Waals surface area contributed by atoms with Gasteiger partial charge in [-0.2, -0.15) is 0 Å². The van der Waals surface area contributed by atoms with Gasteiger partial charge in [-0.15, -0.1) is 0 Å². The molecule has 0 fully saturated rings. The Morgan fingerprint density at radius 1 is 1.12 bits per heavy atom. The van der Waals surface area contributed by atoms with Crippen molar-refractivity contribution in [2.45, 2.75) is 11.8 Å². The fourth-order valence-electron chi connectivity index (χ4n) is 1.92. The molecule has 0 spiro atoms. The smallest absolute Gasteiger partial charge is 0.342 e. The van der Waals surface area contributed by atoms with Gasteiger partial charge in [0.25, 0.3) is 0 Å². The first-order valence-corrected chi connectivity index (χ1v) is 8.55. The van der Waals surface area contributed by atoms with E-state index in [9.17, 15) is 18.3 Å². The summed E-state index contributed by atoms with van der Waals surface area (Å²) in [5.74, 6) is -0.344. The molecule has 24 heavy (non-hydrogen) atoms. The van der Waals surface area contributed by atoms with Crippen molar-refractivity contribution in [2.75, 3.05) is 13.2 Å². The average Bonchev–Trinajstić information content (AvgIpc) is 2.53. The number of hydrogen-bond donors (Lipinski definition) is 2. The van der Waals surface area contributed by atoms with Gasteiger partial charge in [-0.05, 0) is 42.8 Å². The Hall–Kier alpha value is -2.58. The largest absolute Gasteiger partial charge is 0.507 e. The van der Waals surface area contributed by atoms with Crippen molar-refractivity contribution in [1.29, 1.82) is 0 Å². The van der Waals surface area contributed by atoms with Crippen molar-refractivity contribution in [1.82, 2.24) is 0 Å². The summed E-state index contributed by atoms with van der Waals surface area (Å²) in [5, 5.41) is 14.8. The lowest BCUT2D eigenvalue weighted by Gasteiger charge is -2.09. The van der Waals surface area contributed by atoms with Crippen LogP contribution in [0.2, 0.25) is 0 Å². The van der Waals surface area contributed by atoms with Crippen LogP contribution >= 0.6 is 0 Å². The van der Waals surface area contributed by atoms with E-state index in [2.05, 4.69) is 0 Å². The molecule has 2 aromatic carbocycles. The molecule has 8 heteroatoms. The second kappa shape index (κ2) is 7.33. The number of aryl methyl sites for hydroxylation is 1. The van der Waals surface area contributed by atoms with E-state index in [-0.39, 0.29) is 29.4 Å². The van der Waals surface area contributed by atoms with Gasteiger partial charge in [0.15, 0.2) is 0 Å². The number of primary sulfonamides is 1. The fourth-order valence-corrected chi connectivity index (χ4v) is 2.44. The first kappa shape index (κ1) is 17.8. The van der Waals surface area contributed by atoms with Crippen molar-refractivity contribution in [2.24, 2.45) is 5.14 Å². The summed E-state index contributed by atoms with van der Waals surface area (Å²) in [6.45, 7) is 1.73. The molecule has 0 amide bonds. The van der Waals surface area contributed by atoms with Crippen LogP contribution < -0.4 is 9.88 Å². The Kier molecular flexibility index (Phi) is 5.42. The number of hydrogen-bond acceptors (Lipinski definition) is 6. The van der Waals surface area contributed by atoms with Crippen LogP contribution in [-0.2, 0) is 14.8 Å². The van der Waals surface area contributed by atoms with Gasteiger partial charge in [0.05, 0.1) is 4.90 Å². The molecule has 0 heterocycles. The lowest BCUT2D eigenvalue weighted by molar-refractivity contribution is 0.0447. The normalized spacial score (nSPS) is 11.1.